The minimum absolute atomic E-state index is 0.145. The topological polar surface area (TPSA) is 62.3 Å². The highest BCUT2D eigenvalue weighted by atomic mass is 35.5. The normalized spacial score (nSPS) is 12.3. The zero-order chi connectivity index (χ0) is 14.0. The first kappa shape index (κ1) is 13.7. The Morgan fingerprint density at radius 1 is 1.26 bits per heavy atom. The van der Waals surface area contributed by atoms with Crippen LogP contribution in [0.15, 0.2) is 24.7 Å². The summed E-state index contributed by atoms with van der Waals surface area (Å²) in [5.74, 6) is 1.20. The van der Waals surface area contributed by atoms with Crippen molar-refractivity contribution in [2.45, 2.75) is 13.0 Å². The molecule has 0 amide bonds. The summed E-state index contributed by atoms with van der Waals surface area (Å²) in [6.07, 6.45) is 3.41. The van der Waals surface area contributed by atoms with Gasteiger partial charge in [-0.3, -0.25) is 4.57 Å². The summed E-state index contributed by atoms with van der Waals surface area (Å²) in [6.45, 7) is 1.90. The first-order valence-electron chi connectivity index (χ1n) is 5.78. The first-order valence-corrected chi connectivity index (χ1v) is 6.16. The quantitative estimate of drug-likeness (QED) is 0.935. The molecular weight excluding hydrogens is 266 g/mol. The van der Waals surface area contributed by atoms with E-state index >= 15 is 0 Å². The lowest BCUT2D eigenvalue weighted by molar-refractivity contribution is 0.401. The van der Waals surface area contributed by atoms with Crippen LogP contribution in [-0.4, -0.2) is 23.8 Å². The largest absolute Gasteiger partial charge is 0.495 e. The van der Waals surface area contributed by atoms with Gasteiger partial charge in [0.05, 0.1) is 43.1 Å². The Kier molecular flexibility index (Phi) is 3.97. The highest BCUT2D eigenvalue weighted by Gasteiger charge is 2.15. The minimum atomic E-state index is -0.145. The molecule has 0 radical (unpaired) electrons. The third-order valence-electron chi connectivity index (χ3n) is 2.85. The summed E-state index contributed by atoms with van der Waals surface area (Å²) in [7, 11) is 3.15. The fraction of sp³-hybridized carbons (Fsp3) is 0.308. The number of methoxy groups -OCH3 is 2. The summed E-state index contributed by atoms with van der Waals surface area (Å²) in [5.41, 5.74) is 7.59. The number of halogens is 1. The van der Waals surface area contributed by atoms with E-state index in [0.717, 1.165) is 11.4 Å². The molecule has 6 heteroatoms. The van der Waals surface area contributed by atoms with Crippen molar-refractivity contribution in [3.05, 3.63) is 35.4 Å². The van der Waals surface area contributed by atoms with E-state index in [4.69, 9.17) is 26.8 Å². The lowest BCUT2D eigenvalue weighted by Crippen LogP contribution is -2.11. The molecule has 0 saturated heterocycles. The van der Waals surface area contributed by atoms with Crippen molar-refractivity contribution in [3.8, 4) is 17.2 Å². The number of benzene rings is 1. The van der Waals surface area contributed by atoms with Gasteiger partial charge in [0.25, 0.3) is 0 Å². The van der Waals surface area contributed by atoms with Gasteiger partial charge in [0, 0.05) is 18.2 Å². The van der Waals surface area contributed by atoms with Crippen LogP contribution < -0.4 is 15.2 Å². The van der Waals surface area contributed by atoms with E-state index in [0.29, 0.717) is 16.5 Å². The number of aromatic nitrogens is 2. The molecule has 2 N–H and O–H groups in total. The molecule has 1 aromatic carbocycles. The number of rotatable bonds is 4. The highest BCUT2D eigenvalue weighted by molar-refractivity contribution is 6.32. The van der Waals surface area contributed by atoms with Gasteiger partial charge in [0.1, 0.15) is 11.5 Å². The van der Waals surface area contributed by atoms with Crippen LogP contribution in [0.1, 0.15) is 18.7 Å². The molecule has 0 bridgehead atoms. The van der Waals surface area contributed by atoms with Crippen molar-refractivity contribution in [2.75, 3.05) is 14.2 Å². The van der Waals surface area contributed by atoms with E-state index in [9.17, 15) is 0 Å². The third-order valence-corrected chi connectivity index (χ3v) is 3.14. The molecule has 19 heavy (non-hydrogen) atoms. The molecule has 1 atom stereocenters. The van der Waals surface area contributed by atoms with E-state index in [2.05, 4.69) is 4.98 Å². The maximum Gasteiger partial charge on any atom is 0.144 e. The summed E-state index contributed by atoms with van der Waals surface area (Å²) in [6, 6.07) is 3.36. The van der Waals surface area contributed by atoms with Gasteiger partial charge >= 0.3 is 0 Å². The van der Waals surface area contributed by atoms with Crippen LogP contribution in [0.5, 0.6) is 11.5 Å². The summed E-state index contributed by atoms with van der Waals surface area (Å²) >= 11 is 6.09. The van der Waals surface area contributed by atoms with Gasteiger partial charge < -0.3 is 15.2 Å². The van der Waals surface area contributed by atoms with Crippen LogP contribution >= 0.6 is 11.6 Å². The number of nitrogens with zero attached hydrogens (tertiary/aromatic N) is 2. The molecular formula is C13H16ClN3O2. The van der Waals surface area contributed by atoms with Crippen molar-refractivity contribution in [1.29, 1.82) is 0 Å². The second-order valence-electron chi connectivity index (χ2n) is 4.14. The number of ether oxygens (including phenoxy) is 2. The van der Waals surface area contributed by atoms with Crippen molar-refractivity contribution < 1.29 is 9.47 Å². The van der Waals surface area contributed by atoms with Crippen LogP contribution in [0, 0.1) is 0 Å². The molecule has 1 heterocycles. The molecule has 0 saturated carbocycles. The average molecular weight is 282 g/mol. The van der Waals surface area contributed by atoms with Gasteiger partial charge in [-0.2, -0.15) is 0 Å². The molecule has 0 spiro atoms. The van der Waals surface area contributed by atoms with Crippen LogP contribution in [0.2, 0.25) is 5.02 Å². The predicted octanol–water partition coefficient (Wildman–Crippen LogP) is 2.56. The van der Waals surface area contributed by atoms with Crippen molar-refractivity contribution >= 4 is 11.6 Å². The van der Waals surface area contributed by atoms with Crippen molar-refractivity contribution in [3.63, 3.8) is 0 Å². The lowest BCUT2D eigenvalue weighted by atomic mass is 10.2. The Balaban J connectivity index is 2.63. The third kappa shape index (κ3) is 2.52. The molecule has 5 nitrogen and oxygen atoms in total. The van der Waals surface area contributed by atoms with Crippen LogP contribution in [0.25, 0.3) is 5.69 Å². The fourth-order valence-electron chi connectivity index (χ4n) is 1.88. The van der Waals surface area contributed by atoms with Gasteiger partial charge in [-0.25, -0.2) is 4.98 Å². The smallest absolute Gasteiger partial charge is 0.144 e. The van der Waals surface area contributed by atoms with Crippen LogP contribution in [0.4, 0.5) is 0 Å². The molecule has 1 aromatic heterocycles. The molecule has 0 aliphatic rings. The predicted molar refractivity (Wildman–Crippen MR) is 74.3 cm³/mol. The molecule has 0 aliphatic heterocycles. The zero-order valence-corrected chi connectivity index (χ0v) is 11.8. The van der Waals surface area contributed by atoms with Crippen LogP contribution in [0.3, 0.4) is 0 Å². The first-order chi connectivity index (χ1) is 9.08. The Hall–Kier alpha value is -1.72. The van der Waals surface area contributed by atoms with Gasteiger partial charge in [-0.1, -0.05) is 11.6 Å². The molecule has 0 fully saturated rings. The number of imidazole rings is 1. The Morgan fingerprint density at radius 3 is 2.53 bits per heavy atom. The molecule has 2 rings (SSSR count). The molecule has 102 valence electrons. The minimum Gasteiger partial charge on any atom is -0.495 e. The Bertz CT molecular complexity index is 581. The SMILES string of the molecule is COc1cc(-n2cncc2[C@@H](C)N)c(OC)cc1Cl. The zero-order valence-electron chi connectivity index (χ0n) is 11.1. The molecule has 0 aliphatic carbocycles. The van der Waals surface area contributed by atoms with E-state index in [-0.39, 0.29) is 6.04 Å². The number of hydrogen-bond acceptors (Lipinski definition) is 4. The molecule has 2 aromatic rings. The van der Waals surface area contributed by atoms with Gasteiger partial charge in [-0.05, 0) is 6.92 Å². The van der Waals surface area contributed by atoms with Gasteiger partial charge in [0.15, 0.2) is 0 Å². The number of hydrogen-bond donors (Lipinski definition) is 1. The van der Waals surface area contributed by atoms with E-state index in [1.54, 1.807) is 38.9 Å². The van der Waals surface area contributed by atoms with Crippen molar-refractivity contribution in [2.24, 2.45) is 5.73 Å². The highest BCUT2D eigenvalue weighted by Crippen LogP contribution is 2.35. The molecule has 0 unspecified atom stereocenters. The summed E-state index contributed by atoms with van der Waals surface area (Å²) < 4.78 is 12.4. The second-order valence-corrected chi connectivity index (χ2v) is 4.54. The lowest BCUT2D eigenvalue weighted by Gasteiger charge is -2.16. The number of nitrogens with two attached hydrogens (primary N) is 1. The van der Waals surface area contributed by atoms with E-state index < -0.39 is 0 Å². The Morgan fingerprint density at radius 2 is 1.95 bits per heavy atom. The maximum atomic E-state index is 6.09. The average Bonchev–Trinajstić information content (AvgIpc) is 2.87. The van der Waals surface area contributed by atoms with Gasteiger partial charge in [0.2, 0.25) is 0 Å². The van der Waals surface area contributed by atoms with Gasteiger partial charge in [-0.15, -0.1) is 0 Å². The standard InChI is InChI=1S/C13H16ClN3O2/c1-8(15)11-6-16-7-17(11)10-5-12(18-2)9(14)4-13(10)19-3/h4-8H,15H2,1-3H3/t8-/m1/s1. The van der Waals surface area contributed by atoms with Crippen LogP contribution in [-0.2, 0) is 0 Å². The fourth-order valence-corrected chi connectivity index (χ4v) is 2.11. The summed E-state index contributed by atoms with van der Waals surface area (Å²) in [5, 5.41) is 0.491. The second kappa shape index (κ2) is 5.50. The Labute approximate surface area is 116 Å². The van der Waals surface area contributed by atoms with Crippen molar-refractivity contribution in [1.82, 2.24) is 9.55 Å². The summed E-state index contributed by atoms with van der Waals surface area (Å²) in [4.78, 5) is 4.13. The van der Waals surface area contributed by atoms with E-state index in [1.165, 1.54) is 0 Å². The monoisotopic (exact) mass is 281 g/mol. The van der Waals surface area contributed by atoms with E-state index in [1.807, 2.05) is 11.5 Å². The maximum absolute atomic E-state index is 6.09.